The molecule has 0 atom stereocenters. The predicted octanol–water partition coefficient (Wildman–Crippen LogP) is 5.71. The number of carbonyl (C=O) groups excluding carboxylic acids is 1. The fourth-order valence-electron chi connectivity index (χ4n) is 3.30. The van der Waals surface area contributed by atoms with Gasteiger partial charge in [0, 0.05) is 24.4 Å². The Morgan fingerprint density at radius 3 is 2.30 bits per heavy atom. The van der Waals surface area contributed by atoms with Gasteiger partial charge in [-0.15, -0.1) is 0 Å². The molecule has 0 aliphatic carbocycles. The van der Waals surface area contributed by atoms with Crippen LogP contribution in [0.1, 0.15) is 11.4 Å². The molecule has 4 aromatic rings. The Morgan fingerprint density at radius 1 is 0.900 bits per heavy atom. The van der Waals surface area contributed by atoms with E-state index in [9.17, 15) is 4.79 Å². The molecule has 1 aromatic heterocycles. The van der Waals surface area contributed by atoms with Crippen molar-refractivity contribution in [2.75, 3.05) is 5.32 Å². The lowest BCUT2D eigenvalue weighted by Gasteiger charge is -2.07. The molecule has 0 spiro atoms. The maximum absolute atomic E-state index is 12.4. The van der Waals surface area contributed by atoms with Crippen LogP contribution in [-0.2, 0) is 11.8 Å². The highest BCUT2D eigenvalue weighted by Gasteiger charge is 2.07. The second-order valence-corrected chi connectivity index (χ2v) is 7.14. The average molecular weight is 393 g/mol. The van der Waals surface area contributed by atoms with Crippen molar-refractivity contribution in [1.82, 2.24) is 9.55 Å². The third-order valence-corrected chi connectivity index (χ3v) is 5.09. The summed E-state index contributed by atoms with van der Waals surface area (Å²) in [6, 6.07) is 26.1. The van der Waals surface area contributed by atoms with Crippen molar-refractivity contribution >= 4 is 17.7 Å². The average Bonchev–Trinajstić information content (AvgIpc) is 3.12. The second kappa shape index (κ2) is 8.62. The lowest BCUT2D eigenvalue weighted by molar-refractivity contribution is -0.111. The van der Waals surface area contributed by atoms with Crippen LogP contribution < -0.4 is 5.32 Å². The number of rotatable bonds is 5. The third-order valence-electron chi connectivity index (χ3n) is 5.09. The van der Waals surface area contributed by atoms with Crippen LogP contribution in [0.25, 0.3) is 28.5 Å². The minimum atomic E-state index is -0.166. The number of carbonyl (C=O) groups is 1. The van der Waals surface area contributed by atoms with E-state index in [2.05, 4.69) is 34.6 Å². The topological polar surface area (TPSA) is 46.9 Å². The zero-order valence-electron chi connectivity index (χ0n) is 17.0. The maximum Gasteiger partial charge on any atom is 0.248 e. The molecule has 0 bridgehead atoms. The van der Waals surface area contributed by atoms with Crippen molar-refractivity contribution in [2.45, 2.75) is 6.92 Å². The Labute approximate surface area is 176 Å². The van der Waals surface area contributed by atoms with E-state index in [1.54, 1.807) is 6.08 Å². The first kappa shape index (κ1) is 19.4. The number of aromatic nitrogens is 2. The summed E-state index contributed by atoms with van der Waals surface area (Å²) in [5, 5.41) is 2.93. The summed E-state index contributed by atoms with van der Waals surface area (Å²) in [5.74, 6) is 0.779. The van der Waals surface area contributed by atoms with Crippen molar-refractivity contribution in [3.8, 4) is 22.4 Å². The van der Waals surface area contributed by atoms with Gasteiger partial charge in [-0.25, -0.2) is 4.98 Å². The van der Waals surface area contributed by atoms with Crippen LogP contribution >= 0.6 is 0 Å². The Morgan fingerprint density at radius 2 is 1.60 bits per heavy atom. The van der Waals surface area contributed by atoms with E-state index >= 15 is 0 Å². The van der Waals surface area contributed by atoms with Gasteiger partial charge in [-0.3, -0.25) is 4.79 Å². The standard InChI is InChI=1S/C26H23N3O/c1-19-27-18-25(29(19)2)23-9-6-10-24(17-23)28-26(30)16-13-20-11-14-22(15-12-20)21-7-4-3-5-8-21/h3-18H,1-2H3,(H,28,30). The SMILES string of the molecule is Cc1ncc(-c2cccc(NC(=O)C=Cc3ccc(-c4ccccc4)cc3)c2)n1C. The fraction of sp³-hybridized carbons (Fsp3) is 0.0769. The predicted molar refractivity (Wildman–Crippen MR) is 123 cm³/mol. The Balaban J connectivity index is 1.43. The summed E-state index contributed by atoms with van der Waals surface area (Å²) in [7, 11) is 1.98. The van der Waals surface area contributed by atoms with Crippen LogP contribution in [0.4, 0.5) is 5.69 Å². The van der Waals surface area contributed by atoms with E-state index in [4.69, 9.17) is 0 Å². The number of aryl methyl sites for hydroxylation is 1. The van der Waals surface area contributed by atoms with Crippen LogP contribution in [0, 0.1) is 6.92 Å². The molecule has 148 valence electrons. The highest BCUT2D eigenvalue weighted by molar-refractivity contribution is 6.02. The molecule has 0 saturated carbocycles. The summed E-state index contributed by atoms with van der Waals surface area (Å²) in [6.07, 6.45) is 5.21. The summed E-state index contributed by atoms with van der Waals surface area (Å²) in [6.45, 7) is 1.96. The molecule has 4 rings (SSSR count). The number of benzene rings is 3. The van der Waals surface area contributed by atoms with E-state index in [1.807, 2.05) is 85.4 Å². The number of nitrogens with zero attached hydrogens (tertiary/aromatic N) is 2. The summed E-state index contributed by atoms with van der Waals surface area (Å²) in [4.78, 5) is 16.7. The van der Waals surface area contributed by atoms with Gasteiger partial charge in [0.25, 0.3) is 0 Å². The van der Waals surface area contributed by atoms with Gasteiger partial charge in [0.05, 0.1) is 11.9 Å². The highest BCUT2D eigenvalue weighted by atomic mass is 16.1. The zero-order chi connectivity index (χ0) is 20.9. The third kappa shape index (κ3) is 4.39. The molecule has 0 saturated heterocycles. The van der Waals surface area contributed by atoms with Crippen molar-refractivity contribution < 1.29 is 4.79 Å². The van der Waals surface area contributed by atoms with Crippen LogP contribution in [0.5, 0.6) is 0 Å². The lowest BCUT2D eigenvalue weighted by Crippen LogP contribution is -2.07. The maximum atomic E-state index is 12.4. The molecule has 1 amide bonds. The molecule has 3 aromatic carbocycles. The van der Waals surface area contributed by atoms with E-state index in [0.29, 0.717) is 0 Å². The Hall–Kier alpha value is -3.92. The Kier molecular flexibility index (Phi) is 5.57. The molecular weight excluding hydrogens is 370 g/mol. The molecule has 1 heterocycles. The molecule has 0 unspecified atom stereocenters. The smallest absolute Gasteiger partial charge is 0.248 e. The van der Waals surface area contributed by atoms with E-state index < -0.39 is 0 Å². The number of imidazole rings is 1. The van der Waals surface area contributed by atoms with Gasteiger partial charge < -0.3 is 9.88 Å². The quantitative estimate of drug-likeness (QED) is 0.441. The van der Waals surface area contributed by atoms with Gasteiger partial charge in [0.15, 0.2) is 0 Å². The molecule has 0 radical (unpaired) electrons. The molecule has 4 nitrogen and oxygen atoms in total. The summed E-state index contributed by atoms with van der Waals surface area (Å²) in [5.41, 5.74) is 6.08. The van der Waals surface area contributed by atoms with Gasteiger partial charge >= 0.3 is 0 Å². The molecule has 4 heteroatoms. The molecule has 0 fully saturated rings. The first-order valence-electron chi connectivity index (χ1n) is 9.83. The molecule has 1 N–H and O–H groups in total. The van der Waals surface area contributed by atoms with Crippen LogP contribution in [0.15, 0.2) is 91.1 Å². The van der Waals surface area contributed by atoms with Crippen LogP contribution in [0.3, 0.4) is 0 Å². The van der Waals surface area contributed by atoms with Crippen LogP contribution in [-0.4, -0.2) is 15.5 Å². The zero-order valence-corrected chi connectivity index (χ0v) is 17.0. The monoisotopic (exact) mass is 393 g/mol. The Bertz CT molecular complexity index is 1190. The number of nitrogens with one attached hydrogen (secondary N) is 1. The van der Waals surface area contributed by atoms with Gasteiger partial charge in [-0.1, -0.05) is 66.7 Å². The fourth-order valence-corrected chi connectivity index (χ4v) is 3.30. The number of anilines is 1. The van der Waals surface area contributed by atoms with E-state index in [0.717, 1.165) is 33.9 Å². The normalized spacial score (nSPS) is 11.0. The molecule has 30 heavy (non-hydrogen) atoms. The molecule has 0 aliphatic rings. The van der Waals surface area contributed by atoms with Crippen molar-refractivity contribution in [3.63, 3.8) is 0 Å². The summed E-state index contributed by atoms with van der Waals surface area (Å²) < 4.78 is 2.03. The number of hydrogen-bond donors (Lipinski definition) is 1. The minimum Gasteiger partial charge on any atom is -0.331 e. The number of hydrogen-bond acceptors (Lipinski definition) is 2. The minimum absolute atomic E-state index is 0.166. The molecular formula is C26H23N3O. The van der Waals surface area contributed by atoms with Gasteiger partial charge in [0.2, 0.25) is 5.91 Å². The lowest BCUT2D eigenvalue weighted by atomic mass is 10.0. The van der Waals surface area contributed by atoms with Gasteiger partial charge in [-0.05, 0) is 41.8 Å². The van der Waals surface area contributed by atoms with E-state index in [-0.39, 0.29) is 5.91 Å². The first-order valence-corrected chi connectivity index (χ1v) is 9.83. The van der Waals surface area contributed by atoms with Crippen molar-refractivity contribution in [1.29, 1.82) is 0 Å². The van der Waals surface area contributed by atoms with Crippen molar-refractivity contribution in [3.05, 3.63) is 103 Å². The second-order valence-electron chi connectivity index (χ2n) is 7.14. The highest BCUT2D eigenvalue weighted by Crippen LogP contribution is 2.23. The first-order chi connectivity index (χ1) is 14.6. The van der Waals surface area contributed by atoms with Crippen molar-refractivity contribution in [2.24, 2.45) is 7.05 Å². The van der Waals surface area contributed by atoms with Gasteiger partial charge in [-0.2, -0.15) is 0 Å². The molecule has 0 aliphatic heterocycles. The summed E-state index contributed by atoms with van der Waals surface area (Å²) >= 11 is 0. The van der Waals surface area contributed by atoms with Gasteiger partial charge in [0.1, 0.15) is 5.82 Å². The number of amides is 1. The largest absolute Gasteiger partial charge is 0.331 e. The van der Waals surface area contributed by atoms with Crippen LogP contribution in [0.2, 0.25) is 0 Å². The van der Waals surface area contributed by atoms with E-state index in [1.165, 1.54) is 5.56 Å².